The molecule has 0 bridgehead atoms. The highest BCUT2D eigenvalue weighted by molar-refractivity contribution is 7.22. The molecule has 1 aliphatic rings. The molecule has 0 fully saturated rings. The standard InChI is InChI=1S/C12H9N3OS/c1-8-6-7-15(11(16)13-8)12-14-9-4-2-3-5-10(9)17-12/h2-7H,1H2,(H,13,16). The van der Waals surface area contributed by atoms with E-state index in [-0.39, 0.29) is 6.03 Å². The molecule has 2 amide bonds. The topological polar surface area (TPSA) is 45.2 Å². The van der Waals surface area contributed by atoms with Gasteiger partial charge in [-0.3, -0.25) is 0 Å². The molecule has 84 valence electrons. The van der Waals surface area contributed by atoms with Crippen molar-refractivity contribution >= 4 is 32.7 Å². The Balaban J connectivity index is 2.06. The lowest BCUT2D eigenvalue weighted by Gasteiger charge is -2.20. The number of thiazole rings is 1. The van der Waals surface area contributed by atoms with Gasteiger partial charge in [0.25, 0.3) is 0 Å². The predicted molar refractivity (Wildman–Crippen MR) is 68.9 cm³/mol. The van der Waals surface area contributed by atoms with Crippen molar-refractivity contribution in [2.24, 2.45) is 0 Å². The molecule has 1 aromatic heterocycles. The molecular weight excluding hydrogens is 234 g/mol. The fourth-order valence-corrected chi connectivity index (χ4v) is 2.53. The summed E-state index contributed by atoms with van der Waals surface area (Å²) in [6.45, 7) is 3.67. The number of urea groups is 1. The first-order valence-electron chi connectivity index (χ1n) is 5.07. The molecule has 0 spiro atoms. The maximum atomic E-state index is 11.8. The fraction of sp³-hybridized carbons (Fsp3) is 0. The van der Waals surface area contributed by atoms with Crippen LogP contribution in [0.5, 0.6) is 0 Å². The summed E-state index contributed by atoms with van der Waals surface area (Å²) < 4.78 is 1.06. The van der Waals surface area contributed by atoms with E-state index in [9.17, 15) is 4.79 Å². The Kier molecular flexibility index (Phi) is 2.19. The molecule has 0 unspecified atom stereocenters. The Hall–Kier alpha value is -2.14. The van der Waals surface area contributed by atoms with E-state index in [1.54, 1.807) is 12.3 Å². The maximum absolute atomic E-state index is 11.8. The molecule has 2 aromatic rings. The molecule has 5 heteroatoms. The summed E-state index contributed by atoms with van der Waals surface area (Å²) >= 11 is 1.48. The Bertz CT molecular complexity index is 611. The van der Waals surface area contributed by atoms with E-state index < -0.39 is 0 Å². The number of hydrogen-bond donors (Lipinski definition) is 1. The van der Waals surface area contributed by atoms with E-state index in [0.717, 1.165) is 10.2 Å². The number of fused-ring (bicyclic) bond motifs is 1. The van der Waals surface area contributed by atoms with Crippen molar-refractivity contribution in [1.82, 2.24) is 10.3 Å². The van der Waals surface area contributed by atoms with Gasteiger partial charge in [0.15, 0.2) is 5.13 Å². The molecule has 3 rings (SSSR count). The average Bonchev–Trinajstić information content (AvgIpc) is 2.72. The van der Waals surface area contributed by atoms with Gasteiger partial charge in [0.05, 0.1) is 10.2 Å². The van der Waals surface area contributed by atoms with E-state index in [0.29, 0.717) is 10.8 Å². The molecular formula is C12H9N3OS. The highest BCUT2D eigenvalue weighted by atomic mass is 32.1. The van der Waals surface area contributed by atoms with Crippen molar-refractivity contribution < 1.29 is 4.79 Å². The number of aromatic nitrogens is 1. The van der Waals surface area contributed by atoms with Crippen LogP contribution in [0.1, 0.15) is 0 Å². The highest BCUT2D eigenvalue weighted by Crippen LogP contribution is 2.29. The van der Waals surface area contributed by atoms with E-state index in [1.807, 2.05) is 24.3 Å². The second-order valence-corrected chi connectivity index (χ2v) is 4.61. The van der Waals surface area contributed by atoms with Crippen molar-refractivity contribution in [3.8, 4) is 0 Å². The lowest BCUT2D eigenvalue weighted by atomic mass is 10.3. The molecule has 0 atom stereocenters. The summed E-state index contributed by atoms with van der Waals surface area (Å²) in [6.07, 6.45) is 3.42. The van der Waals surface area contributed by atoms with Gasteiger partial charge in [0.2, 0.25) is 0 Å². The summed E-state index contributed by atoms with van der Waals surface area (Å²) in [4.78, 5) is 17.7. The highest BCUT2D eigenvalue weighted by Gasteiger charge is 2.20. The number of nitrogens with zero attached hydrogens (tertiary/aromatic N) is 2. The number of nitrogens with one attached hydrogen (secondary N) is 1. The normalized spacial score (nSPS) is 15.4. The Morgan fingerprint density at radius 3 is 2.94 bits per heavy atom. The lowest BCUT2D eigenvalue weighted by molar-refractivity contribution is 0.250. The lowest BCUT2D eigenvalue weighted by Crippen LogP contribution is -2.38. The molecule has 0 saturated heterocycles. The third-order valence-corrected chi connectivity index (χ3v) is 3.44. The van der Waals surface area contributed by atoms with E-state index in [4.69, 9.17) is 0 Å². The monoisotopic (exact) mass is 243 g/mol. The van der Waals surface area contributed by atoms with Gasteiger partial charge in [-0.05, 0) is 18.2 Å². The van der Waals surface area contributed by atoms with Crippen LogP contribution in [-0.4, -0.2) is 11.0 Å². The second kappa shape index (κ2) is 3.71. The zero-order valence-corrected chi connectivity index (χ0v) is 9.70. The third kappa shape index (κ3) is 1.70. The van der Waals surface area contributed by atoms with Gasteiger partial charge in [-0.2, -0.15) is 0 Å². The first kappa shape index (κ1) is 10.0. The Morgan fingerprint density at radius 1 is 1.35 bits per heavy atom. The zero-order chi connectivity index (χ0) is 11.8. The number of allylic oxidation sites excluding steroid dienone is 1. The first-order valence-corrected chi connectivity index (χ1v) is 5.88. The largest absolute Gasteiger partial charge is 0.332 e. The first-order chi connectivity index (χ1) is 8.24. The number of carbonyl (C=O) groups excluding carboxylic acids is 1. The summed E-state index contributed by atoms with van der Waals surface area (Å²) in [6, 6.07) is 7.58. The number of hydrogen-bond acceptors (Lipinski definition) is 3. The minimum Gasteiger partial charge on any atom is -0.308 e. The summed E-state index contributed by atoms with van der Waals surface area (Å²) in [5, 5.41) is 3.30. The minimum absolute atomic E-state index is 0.225. The number of carbonyl (C=O) groups is 1. The number of amides is 2. The minimum atomic E-state index is -0.225. The van der Waals surface area contributed by atoms with Crippen LogP contribution in [0.4, 0.5) is 9.93 Å². The van der Waals surface area contributed by atoms with Crippen LogP contribution in [0.25, 0.3) is 10.2 Å². The average molecular weight is 243 g/mol. The van der Waals surface area contributed by atoms with E-state index in [1.165, 1.54) is 16.2 Å². The summed E-state index contributed by atoms with van der Waals surface area (Å²) in [5.41, 5.74) is 1.49. The second-order valence-electron chi connectivity index (χ2n) is 3.61. The van der Waals surface area contributed by atoms with Gasteiger partial charge in [0.1, 0.15) is 0 Å². The van der Waals surface area contributed by atoms with Crippen LogP contribution in [0, 0.1) is 0 Å². The third-order valence-electron chi connectivity index (χ3n) is 2.40. The van der Waals surface area contributed by atoms with Crippen molar-refractivity contribution in [3.05, 3.63) is 48.8 Å². The molecule has 2 heterocycles. The van der Waals surface area contributed by atoms with Gasteiger partial charge in [-0.25, -0.2) is 14.7 Å². The van der Waals surface area contributed by atoms with E-state index >= 15 is 0 Å². The molecule has 1 N–H and O–H groups in total. The molecule has 17 heavy (non-hydrogen) atoms. The predicted octanol–water partition coefficient (Wildman–Crippen LogP) is 2.85. The summed E-state index contributed by atoms with van der Waals surface area (Å²) in [7, 11) is 0. The zero-order valence-electron chi connectivity index (χ0n) is 8.88. The Morgan fingerprint density at radius 2 is 2.18 bits per heavy atom. The van der Waals surface area contributed by atoms with Crippen LogP contribution >= 0.6 is 11.3 Å². The van der Waals surface area contributed by atoms with Crippen LogP contribution in [0.3, 0.4) is 0 Å². The fourth-order valence-electron chi connectivity index (χ4n) is 1.59. The number of rotatable bonds is 1. The number of benzene rings is 1. The molecule has 0 saturated carbocycles. The molecule has 4 nitrogen and oxygen atoms in total. The van der Waals surface area contributed by atoms with Crippen LogP contribution < -0.4 is 10.2 Å². The van der Waals surface area contributed by atoms with Gasteiger partial charge >= 0.3 is 6.03 Å². The van der Waals surface area contributed by atoms with Crippen LogP contribution in [-0.2, 0) is 0 Å². The number of anilines is 1. The van der Waals surface area contributed by atoms with Crippen molar-refractivity contribution in [1.29, 1.82) is 0 Å². The molecule has 0 radical (unpaired) electrons. The molecule has 0 aliphatic carbocycles. The van der Waals surface area contributed by atoms with Crippen molar-refractivity contribution in [3.63, 3.8) is 0 Å². The van der Waals surface area contributed by atoms with Gasteiger partial charge in [-0.1, -0.05) is 30.0 Å². The van der Waals surface area contributed by atoms with Gasteiger partial charge in [0, 0.05) is 11.9 Å². The molecule has 1 aromatic carbocycles. The smallest absolute Gasteiger partial charge is 0.308 e. The number of para-hydroxylation sites is 1. The SMILES string of the molecule is C=C1C=CN(c2nc3ccccc3s2)C(=O)N1. The molecule has 1 aliphatic heterocycles. The van der Waals surface area contributed by atoms with Crippen LogP contribution in [0.15, 0.2) is 48.8 Å². The maximum Gasteiger partial charge on any atom is 0.332 e. The Labute approximate surface area is 102 Å². The van der Waals surface area contributed by atoms with Gasteiger partial charge in [-0.15, -0.1) is 0 Å². The van der Waals surface area contributed by atoms with Crippen molar-refractivity contribution in [2.45, 2.75) is 0 Å². The van der Waals surface area contributed by atoms with Gasteiger partial charge < -0.3 is 5.32 Å². The quantitative estimate of drug-likeness (QED) is 0.837. The van der Waals surface area contributed by atoms with Crippen LogP contribution in [0.2, 0.25) is 0 Å². The summed E-state index contributed by atoms with van der Waals surface area (Å²) in [5.74, 6) is 0. The van der Waals surface area contributed by atoms with Crippen molar-refractivity contribution in [2.75, 3.05) is 4.90 Å². The van der Waals surface area contributed by atoms with E-state index in [2.05, 4.69) is 16.9 Å².